The molecule has 5 nitrogen and oxygen atoms in total. The van der Waals surface area contributed by atoms with Crippen molar-refractivity contribution in [2.75, 3.05) is 18.8 Å². The number of nitrogens with zero attached hydrogens (tertiary/aromatic N) is 3. The molecule has 0 N–H and O–H groups in total. The normalized spacial score (nSPS) is 17.0. The molecule has 31 heavy (non-hydrogen) atoms. The molecule has 0 saturated carbocycles. The van der Waals surface area contributed by atoms with Crippen molar-refractivity contribution in [3.8, 4) is 0 Å². The second kappa shape index (κ2) is 8.78. The lowest BCUT2D eigenvalue weighted by atomic mass is 10.1. The van der Waals surface area contributed by atoms with Gasteiger partial charge >= 0.3 is 0 Å². The number of fused-ring (bicyclic) bond motifs is 1. The van der Waals surface area contributed by atoms with E-state index in [9.17, 15) is 18.4 Å². The molecule has 1 aliphatic rings. The summed E-state index contributed by atoms with van der Waals surface area (Å²) < 4.78 is 29.6. The zero-order chi connectivity index (χ0) is 22.1. The van der Waals surface area contributed by atoms with Crippen molar-refractivity contribution in [1.29, 1.82) is 0 Å². The highest BCUT2D eigenvalue weighted by molar-refractivity contribution is 7.99. The Labute approximate surface area is 183 Å². The van der Waals surface area contributed by atoms with Crippen LogP contribution in [0, 0.1) is 18.6 Å². The molecule has 1 saturated heterocycles. The van der Waals surface area contributed by atoms with Crippen molar-refractivity contribution in [2.45, 2.75) is 32.1 Å². The molecule has 0 aliphatic carbocycles. The van der Waals surface area contributed by atoms with Crippen molar-refractivity contribution < 1.29 is 13.6 Å². The summed E-state index contributed by atoms with van der Waals surface area (Å²) in [4.78, 5) is 32.4. The van der Waals surface area contributed by atoms with Crippen LogP contribution in [0.5, 0.6) is 0 Å². The molecular formula is C23H23F2N3O2S. The number of rotatable bonds is 3. The van der Waals surface area contributed by atoms with E-state index in [1.165, 1.54) is 17.8 Å². The summed E-state index contributed by atoms with van der Waals surface area (Å²) in [6, 6.07) is 6.94. The minimum atomic E-state index is -0.477. The molecule has 162 valence electrons. The van der Waals surface area contributed by atoms with Gasteiger partial charge in [0.25, 0.3) is 5.91 Å². The molecule has 8 heteroatoms. The Morgan fingerprint density at radius 3 is 2.81 bits per heavy atom. The maximum absolute atomic E-state index is 14.2. The van der Waals surface area contributed by atoms with E-state index in [4.69, 9.17) is 0 Å². The van der Waals surface area contributed by atoms with Crippen molar-refractivity contribution in [1.82, 2.24) is 14.5 Å². The second-order valence-corrected chi connectivity index (χ2v) is 8.90. The highest BCUT2D eigenvalue weighted by atomic mass is 32.2. The number of hydrogen-bond donors (Lipinski definition) is 0. The maximum atomic E-state index is 14.2. The SMILES string of the molecule is CCn1cc(C(=O)N2CCS[C@@H](c3cc(F)ccc3F)CC2)c(=O)c2ccc(C)nc21. The maximum Gasteiger partial charge on any atom is 0.259 e. The number of halogens is 2. The molecule has 1 fully saturated rings. The van der Waals surface area contributed by atoms with Gasteiger partial charge in [0, 0.05) is 48.1 Å². The molecular weight excluding hydrogens is 420 g/mol. The average Bonchev–Trinajstić information content (AvgIpc) is 3.01. The largest absolute Gasteiger partial charge is 0.338 e. The van der Waals surface area contributed by atoms with Gasteiger partial charge in [0.15, 0.2) is 0 Å². The fourth-order valence-corrected chi connectivity index (χ4v) is 5.15. The minimum absolute atomic E-state index is 0.111. The van der Waals surface area contributed by atoms with Crippen molar-refractivity contribution in [2.24, 2.45) is 0 Å². The molecule has 1 atom stereocenters. The number of amides is 1. The number of carbonyl (C=O) groups is 1. The number of aryl methyl sites for hydroxylation is 2. The molecule has 4 rings (SSSR count). The monoisotopic (exact) mass is 443 g/mol. The first-order valence-corrected chi connectivity index (χ1v) is 11.3. The summed E-state index contributed by atoms with van der Waals surface area (Å²) in [5.41, 5.74) is 1.47. The zero-order valence-electron chi connectivity index (χ0n) is 17.4. The van der Waals surface area contributed by atoms with Gasteiger partial charge in [-0.2, -0.15) is 11.8 Å². The Hall–Kier alpha value is -2.74. The summed E-state index contributed by atoms with van der Waals surface area (Å²) in [6.45, 7) is 5.16. The Bertz CT molecular complexity index is 1210. The molecule has 1 amide bonds. The number of hydrogen-bond acceptors (Lipinski definition) is 4. The van der Waals surface area contributed by atoms with Gasteiger partial charge in [-0.05, 0) is 50.6 Å². The van der Waals surface area contributed by atoms with Crippen LogP contribution in [0.1, 0.15) is 40.2 Å². The first kappa shape index (κ1) is 21.5. The van der Waals surface area contributed by atoms with E-state index in [1.54, 1.807) is 23.2 Å². The Morgan fingerprint density at radius 1 is 1.23 bits per heavy atom. The first-order valence-electron chi connectivity index (χ1n) is 10.3. The van der Waals surface area contributed by atoms with Gasteiger partial charge in [0.1, 0.15) is 22.8 Å². The molecule has 1 aromatic carbocycles. The Kier molecular flexibility index (Phi) is 6.09. The highest BCUT2D eigenvalue weighted by Crippen LogP contribution is 2.36. The van der Waals surface area contributed by atoms with Gasteiger partial charge in [0.2, 0.25) is 5.43 Å². The number of thioether (sulfide) groups is 1. The van der Waals surface area contributed by atoms with Crippen molar-refractivity contribution >= 4 is 28.7 Å². The van der Waals surface area contributed by atoms with Gasteiger partial charge in [-0.3, -0.25) is 9.59 Å². The van der Waals surface area contributed by atoms with Crippen LogP contribution in [0.15, 0.2) is 41.3 Å². The van der Waals surface area contributed by atoms with Crippen LogP contribution in [0.2, 0.25) is 0 Å². The summed E-state index contributed by atoms with van der Waals surface area (Å²) >= 11 is 1.50. The molecule has 3 heterocycles. The minimum Gasteiger partial charge on any atom is -0.338 e. The summed E-state index contributed by atoms with van der Waals surface area (Å²) in [6.07, 6.45) is 2.06. The first-order chi connectivity index (χ1) is 14.9. The predicted molar refractivity (Wildman–Crippen MR) is 118 cm³/mol. The number of carbonyl (C=O) groups excluding carboxylic acids is 1. The lowest BCUT2D eigenvalue weighted by Crippen LogP contribution is -2.36. The van der Waals surface area contributed by atoms with E-state index in [2.05, 4.69) is 4.98 Å². The molecule has 0 spiro atoms. The zero-order valence-corrected chi connectivity index (χ0v) is 18.2. The van der Waals surface area contributed by atoms with Crippen molar-refractivity contribution in [3.63, 3.8) is 0 Å². The molecule has 0 unspecified atom stereocenters. The summed E-state index contributed by atoms with van der Waals surface area (Å²) in [5.74, 6) is -0.686. The molecule has 2 aromatic heterocycles. The van der Waals surface area contributed by atoms with Gasteiger partial charge in [-0.15, -0.1) is 0 Å². The van der Waals surface area contributed by atoms with Crippen LogP contribution in [0.25, 0.3) is 11.0 Å². The number of benzene rings is 1. The molecule has 1 aliphatic heterocycles. The lowest BCUT2D eigenvalue weighted by molar-refractivity contribution is 0.0764. The van der Waals surface area contributed by atoms with Crippen LogP contribution in [0.3, 0.4) is 0 Å². The predicted octanol–water partition coefficient (Wildman–Crippen LogP) is 4.32. The average molecular weight is 444 g/mol. The Morgan fingerprint density at radius 2 is 2.03 bits per heavy atom. The lowest BCUT2D eigenvalue weighted by Gasteiger charge is -2.21. The van der Waals surface area contributed by atoms with Crippen LogP contribution < -0.4 is 5.43 Å². The van der Waals surface area contributed by atoms with Crippen LogP contribution in [-0.4, -0.2) is 39.2 Å². The Balaban J connectivity index is 1.62. The number of aromatic nitrogens is 2. The second-order valence-electron chi connectivity index (χ2n) is 7.59. The van der Waals surface area contributed by atoms with E-state index in [-0.39, 0.29) is 22.1 Å². The topological polar surface area (TPSA) is 55.2 Å². The third kappa shape index (κ3) is 4.21. The van der Waals surface area contributed by atoms with Gasteiger partial charge < -0.3 is 9.47 Å². The molecule has 0 radical (unpaired) electrons. The van der Waals surface area contributed by atoms with Crippen LogP contribution in [0.4, 0.5) is 8.78 Å². The van der Waals surface area contributed by atoms with Crippen LogP contribution in [-0.2, 0) is 6.54 Å². The highest BCUT2D eigenvalue weighted by Gasteiger charge is 2.27. The summed E-state index contributed by atoms with van der Waals surface area (Å²) in [5, 5.41) is 0.173. The smallest absolute Gasteiger partial charge is 0.259 e. The molecule has 3 aromatic rings. The standard InChI is InChI=1S/C23H23F2N3O2S/c1-3-27-13-18(21(29)16-6-4-14(2)26-22(16)27)23(30)28-9-8-20(31-11-10-28)17-12-15(24)5-7-19(17)25/h4-7,12-13,20H,3,8-11H2,1-2H3/t20-/m1/s1. The van der Waals surface area contributed by atoms with Gasteiger partial charge in [0.05, 0.1) is 5.39 Å². The third-order valence-corrected chi connectivity index (χ3v) is 6.88. The van der Waals surface area contributed by atoms with Crippen molar-refractivity contribution in [3.05, 3.63) is 75.2 Å². The quantitative estimate of drug-likeness (QED) is 0.605. The fourth-order valence-electron chi connectivity index (χ4n) is 3.91. The summed E-state index contributed by atoms with van der Waals surface area (Å²) in [7, 11) is 0. The van der Waals surface area contributed by atoms with Gasteiger partial charge in [-0.25, -0.2) is 13.8 Å². The van der Waals surface area contributed by atoms with E-state index in [0.29, 0.717) is 48.4 Å². The number of pyridine rings is 2. The van der Waals surface area contributed by atoms with E-state index in [1.807, 2.05) is 18.4 Å². The van der Waals surface area contributed by atoms with Gasteiger partial charge in [-0.1, -0.05) is 0 Å². The van der Waals surface area contributed by atoms with E-state index >= 15 is 0 Å². The van der Waals surface area contributed by atoms with Crippen LogP contribution >= 0.6 is 11.8 Å². The fraction of sp³-hybridized carbons (Fsp3) is 0.348. The molecule has 0 bridgehead atoms. The van der Waals surface area contributed by atoms with E-state index in [0.717, 1.165) is 17.8 Å². The third-order valence-electron chi connectivity index (χ3n) is 5.57. The van der Waals surface area contributed by atoms with E-state index < -0.39 is 11.6 Å².